The molecule has 0 aromatic carbocycles. The lowest BCUT2D eigenvalue weighted by molar-refractivity contribution is 0.698. The molecule has 3 aromatic rings. The van der Waals surface area contributed by atoms with Crippen molar-refractivity contribution in [3.63, 3.8) is 0 Å². The van der Waals surface area contributed by atoms with E-state index in [2.05, 4.69) is 54.7 Å². The van der Waals surface area contributed by atoms with Crippen LogP contribution >= 0.6 is 11.8 Å². The van der Waals surface area contributed by atoms with E-state index in [1.807, 2.05) is 54.9 Å². The zero-order valence-electron chi connectivity index (χ0n) is 16.8. The van der Waals surface area contributed by atoms with Gasteiger partial charge in [0.1, 0.15) is 5.03 Å². The van der Waals surface area contributed by atoms with Crippen LogP contribution < -0.4 is 0 Å². The smallest absolute Gasteiger partial charge is 0.102 e. The largest absolute Gasteiger partial charge is 0.264 e. The van der Waals surface area contributed by atoms with E-state index in [-0.39, 0.29) is 0 Å². The average Bonchev–Trinajstić information content (AvgIpc) is 2.78. The molecule has 0 bridgehead atoms. The number of rotatable bonds is 8. The minimum Gasteiger partial charge on any atom is -0.264 e. The van der Waals surface area contributed by atoms with E-state index in [9.17, 15) is 0 Å². The molecule has 0 aliphatic carbocycles. The van der Waals surface area contributed by atoms with E-state index >= 15 is 0 Å². The monoisotopic (exact) mass is 399 g/mol. The Labute approximate surface area is 177 Å². The molecule has 0 N–H and O–H groups in total. The van der Waals surface area contributed by atoms with Crippen LogP contribution in [0.1, 0.15) is 26.0 Å². The van der Waals surface area contributed by atoms with E-state index < -0.39 is 0 Å². The molecular weight excluding hydrogens is 374 g/mol. The van der Waals surface area contributed by atoms with Gasteiger partial charge in [0.15, 0.2) is 0 Å². The lowest BCUT2D eigenvalue weighted by Gasteiger charge is -2.06. The number of hydrogen-bond acceptors (Lipinski definition) is 4. The van der Waals surface area contributed by atoms with Gasteiger partial charge in [-0.1, -0.05) is 69.0 Å². The molecule has 29 heavy (non-hydrogen) atoms. The van der Waals surface area contributed by atoms with Crippen molar-refractivity contribution < 1.29 is 0 Å². The highest BCUT2D eigenvalue weighted by Crippen LogP contribution is 2.28. The number of allylic oxidation sites excluding steroid dienone is 5. The summed E-state index contributed by atoms with van der Waals surface area (Å²) in [7, 11) is 0. The minimum atomic E-state index is 0.564. The third-order valence-corrected chi connectivity index (χ3v) is 5.43. The van der Waals surface area contributed by atoms with Gasteiger partial charge in [0.2, 0.25) is 0 Å². The minimum absolute atomic E-state index is 0.564. The Morgan fingerprint density at radius 1 is 1.14 bits per heavy atom. The molecule has 1 atom stereocenters. The highest BCUT2D eigenvalue weighted by molar-refractivity contribution is 7.99. The molecule has 0 aliphatic rings. The van der Waals surface area contributed by atoms with Crippen molar-refractivity contribution in [1.82, 2.24) is 15.0 Å². The number of hydrogen-bond donors (Lipinski definition) is 0. The standard InChI is InChI=1S/C25H25N3S/c1-4-19(3)9-6-10-20(5-2)24-12-7-13-25(28-24)29-22-14-15-23(27-18-22)21-11-8-16-26-17-21/h5-19H,2,4H2,1,3H3/b9-6-,20-10+. The summed E-state index contributed by atoms with van der Waals surface area (Å²) in [5.41, 5.74) is 3.85. The van der Waals surface area contributed by atoms with Gasteiger partial charge in [0.25, 0.3) is 0 Å². The van der Waals surface area contributed by atoms with E-state index in [0.717, 1.165) is 38.9 Å². The fourth-order valence-electron chi connectivity index (χ4n) is 2.62. The summed E-state index contributed by atoms with van der Waals surface area (Å²) in [6.45, 7) is 8.34. The van der Waals surface area contributed by atoms with Crippen LogP contribution in [0.3, 0.4) is 0 Å². The Bertz CT molecular complexity index is 992. The summed E-state index contributed by atoms with van der Waals surface area (Å²) in [6.07, 6.45) is 14.8. The second-order valence-corrected chi connectivity index (χ2v) is 7.77. The molecule has 0 spiro atoms. The molecule has 146 valence electrons. The maximum Gasteiger partial charge on any atom is 0.102 e. The maximum absolute atomic E-state index is 4.79. The molecule has 0 aliphatic heterocycles. The quantitative estimate of drug-likeness (QED) is 0.388. The van der Waals surface area contributed by atoms with Crippen LogP contribution in [0, 0.1) is 5.92 Å². The Morgan fingerprint density at radius 2 is 2.03 bits per heavy atom. The highest BCUT2D eigenvalue weighted by atomic mass is 32.2. The lowest BCUT2D eigenvalue weighted by atomic mass is 10.1. The predicted molar refractivity (Wildman–Crippen MR) is 123 cm³/mol. The van der Waals surface area contributed by atoms with Crippen LogP contribution in [-0.2, 0) is 0 Å². The lowest BCUT2D eigenvalue weighted by Crippen LogP contribution is -1.90. The fraction of sp³-hybridized carbons (Fsp3) is 0.160. The molecule has 3 rings (SSSR count). The van der Waals surface area contributed by atoms with Crippen LogP contribution in [0.25, 0.3) is 16.8 Å². The first-order valence-corrected chi connectivity index (χ1v) is 10.5. The van der Waals surface area contributed by atoms with Gasteiger partial charge in [-0.3, -0.25) is 9.97 Å². The SMILES string of the molecule is C=C/C(=C\C=C/C(C)CC)c1cccc(Sc2ccc(-c3cccnc3)nc2)n1. The molecule has 1 unspecified atom stereocenters. The molecule has 3 heterocycles. The van der Waals surface area contributed by atoms with Gasteiger partial charge >= 0.3 is 0 Å². The third kappa shape index (κ3) is 6.00. The van der Waals surface area contributed by atoms with Gasteiger partial charge in [-0.05, 0) is 47.9 Å². The molecule has 0 radical (unpaired) electrons. The molecule has 4 heteroatoms. The molecule has 3 nitrogen and oxygen atoms in total. The zero-order chi connectivity index (χ0) is 20.5. The first-order chi connectivity index (χ1) is 14.2. The summed E-state index contributed by atoms with van der Waals surface area (Å²) < 4.78 is 0. The maximum atomic E-state index is 4.79. The van der Waals surface area contributed by atoms with Crippen molar-refractivity contribution in [1.29, 1.82) is 0 Å². The Morgan fingerprint density at radius 3 is 2.72 bits per heavy atom. The third-order valence-electron chi connectivity index (χ3n) is 4.51. The van der Waals surface area contributed by atoms with E-state index in [1.165, 1.54) is 0 Å². The Hall–Kier alpha value is -2.98. The second-order valence-electron chi connectivity index (χ2n) is 6.68. The molecular formula is C25H25N3S. The van der Waals surface area contributed by atoms with Crippen LogP contribution in [0.5, 0.6) is 0 Å². The topological polar surface area (TPSA) is 38.7 Å². The first-order valence-electron chi connectivity index (χ1n) is 9.72. The number of aromatic nitrogens is 3. The summed E-state index contributed by atoms with van der Waals surface area (Å²) in [5, 5.41) is 0.928. The van der Waals surface area contributed by atoms with Crippen LogP contribution in [0.4, 0.5) is 0 Å². The Kier molecular flexibility index (Phi) is 7.54. The van der Waals surface area contributed by atoms with E-state index in [0.29, 0.717) is 5.92 Å². The van der Waals surface area contributed by atoms with E-state index in [1.54, 1.807) is 18.0 Å². The Balaban J connectivity index is 1.75. The van der Waals surface area contributed by atoms with E-state index in [4.69, 9.17) is 4.98 Å². The van der Waals surface area contributed by atoms with Crippen molar-refractivity contribution in [2.75, 3.05) is 0 Å². The molecule has 0 saturated carbocycles. The fourth-order valence-corrected chi connectivity index (χ4v) is 3.40. The van der Waals surface area contributed by atoms with Gasteiger partial charge in [0.05, 0.1) is 11.4 Å². The summed E-state index contributed by atoms with van der Waals surface area (Å²) in [6, 6.07) is 14.0. The average molecular weight is 400 g/mol. The summed E-state index contributed by atoms with van der Waals surface area (Å²) in [5.74, 6) is 0.564. The molecule has 3 aromatic heterocycles. The number of pyridine rings is 3. The summed E-state index contributed by atoms with van der Waals surface area (Å²) >= 11 is 1.60. The van der Waals surface area contributed by atoms with Crippen LogP contribution in [-0.4, -0.2) is 15.0 Å². The predicted octanol–water partition coefficient (Wildman–Crippen LogP) is 6.86. The second kappa shape index (κ2) is 10.5. The van der Waals surface area contributed by atoms with Crippen molar-refractivity contribution in [2.45, 2.75) is 30.2 Å². The van der Waals surface area contributed by atoms with Crippen LogP contribution in [0.2, 0.25) is 0 Å². The molecule has 0 fully saturated rings. The van der Waals surface area contributed by atoms with Gasteiger partial charge in [-0.2, -0.15) is 0 Å². The van der Waals surface area contributed by atoms with Crippen LogP contribution in [0.15, 0.2) is 102 Å². The molecule has 0 saturated heterocycles. The van der Waals surface area contributed by atoms with Crippen molar-refractivity contribution in [3.8, 4) is 11.3 Å². The first kappa shape index (κ1) is 20.7. The van der Waals surface area contributed by atoms with Gasteiger partial charge in [-0.25, -0.2) is 4.98 Å². The van der Waals surface area contributed by atoms with Crippen molar-refractivity contribution in [3.05, 3.63) is 97.6 Å². The van der Waals surface area contributed by atoms with Gasteiger partial charge in [0, 0.05) is 29.0 Å². The summed E-state index contributed by atoms with van der Waals surface area (Å²) in [4.78, 5) is 14.5. The number of nitrogens with zero attached hydrogens (tertiary/aromatic N) is 3. The highest BCUT2D eigenvalue weighted by Gasteiger charge is 2.05. The van der Waals surface area contributed by atoms with Crippen molar-refractivity contribution in [2.24, 2.45) is 5.92 Å². The van der Waals surface area contributed by atoms with Gasteiger partial charge in [-0.15, -0.1) is 0 Å². The normalized spacial score (nSPS) is 12.8. The van der Waals surface area contributed by atoms with Crippen molar-refractivity contribution >= 4 is 17.3 Å². The van der Waals surface area contributed by atoms with Gasteiger partial charge < -0.3 is 0 Å². The molecule has 0 amide bonds. The zero-order valence-corrected chi connectivity index (χ0v) is 17.6.